The Hall–Kier alpha value is -2.11. The summed E-state index contributed by atoms with van der Waals surface area (Å²) in [6.07, 6.45) is 4.67. The summed E-state index contributed by atoms with van der Waals surface area (Å²) in [5, 5.41) is 3.46. The van der Waals surface area contributed by atoms with Crippen molar-refractivity contribution < 1.29 is 9.47 Å². The van der Waals surface area contributed by atoms with Gasteiger partial charge in [0.15, 0.2) is 11.5 Å². The molecule has 0 aliphatic heterocycles. The Balaban J connectivity index is 1.85. The molecule has 0 atom stereocenters. The summed E-state index contributed by atoms with van der Waals surface area (Å²) < 4.78 is 11.3. The monoisotopic (exact) mass is 329 g/mol. The first-order chi connectivity index (χ1) is 11.7. The van der Waals surface area contributed by atoms with Crippen LogP contribution in [0.5, 0.6) is 11.5 Å². The molecule has 1 heterocycles. The first-order valence-electron chi connectivity index (χ1n) is 8.23. The quantitative estimate of drug-likeness (QED) is 0.679. The molecule has 0 spiro atoms. The maximum absolute atomic E-state index is 5.86. The van der Waals surface area contributed by atoms with E-state index in [4.69, 9.17) is 9.47 Å². The third-order valence-electron chi connectivity index (χ3n) is 3.66. The zero-order chi connectivity index (χ0) is 17.2. The van der Waals surface area contributed by atoms with Gasteiger partial charge in [-0.2, -0.15) is 0 Å². The van der Waals surface area contributed by atoms with Crippen LogP contribution >= 0.6 is 0 Å². The van der Waals surface area contributed by atoms with E-state index in [0.717, 1.165) is 43.1 Å². The van der Waals surface area contributed by atoms with Crippen LogP contribution in [0.1, 0.15) is 17.5 Å². The van der Waals surface area contributed by atoms with Crippen LogP contribution in [0.25, 0.3) is 0 Å². The van der Waals surface area contributed by atoms with Gasteiger partial charge in [0.05, 0.1) is 7.11 Å². The summed E-state index contributed by atoms with van der Waals surface area (Å²) in [4.78, 5) is 6.20. The maximum atomic E-state index is 5.86. The summed E-state index contributed by atoms with van der Waals surface area (Å²) in [6.45, 7) is 3.42. The van der Waals surface area contributed by atoms with Gasteiger partial charge in [-0.3, -0.25) is 4.98 Å². The highest BCUT2D eigenvalue weighted by Crippen LogP contribution is 2.28. The molecule has 0 amide bonds. The highest BCUT2D eigenvalue weighted by atomic mass is 16.5. The van der Waals surface area contributed by atoms with Crippen molar-refractivity contribution >= 4 is 0 Å². The molecule has 130 valence electrons. The lowest BCUT2D eigenvalue weighted by atomic mass is 10.2. The molecule has 0 aliphatic rings. The fraction of sp³-hybridized carbons (Fsp3) is 0.421. The van der Waals surface area contributed by atoms with Crippen molar-refractivity contribution in [2.75, 3.05) is 34.3 Å². The molecule has 0 aliphatic carbocycles. The van der Waals surface area contributed by atoms with Gasteiger partial charge < -0.3 is 19.7 Å². The van der Waals surface area contributed by atoms with E-state index in [9.17, 15) is 0 Å². The second kappa shape index (κ2) is 9.90. The number of pyridine rings is 1. The number of methoxy groups -OCH3 is 1. The number of rotatable bonds is 10. The standard InChI is InChI=1S/C19H27N3O2/c1-22(2)12-4-9-21-14-17-5-6-18(19(13-17)23-3)24-15-16-7-10-20-11-8-16/h5-8,10-11,13,21H,4,9,12,14-15H2,1-3H3. The fourth-order valence-electron chi connectivity index (χ4n) is 2.33. The Kier molecular flexibility index (Phi) is 7.52. The molecule has 24 heavy (non-hydrogen) atoms. The number of nitrogens with zero attached hydrogens (tertiary/aromatic N) is 2. The highest BCUT2D eigenvalue weighted by molar-refractivity contribution is 5.43. The van der Waals surface area contributed by atoms with Crippen LogP contribution in [0.2, 0.25) is 0 Å². The van der Waals surface area contributed by atoms with E-state index in [2.05, 4.69) is 35.4 Å². The van der Waals surface area contributed by atoms with Gasteiger partial charge in [-0.15, -0.1) is 0 Å². The predicted octanol–water partition coefficient (Wildman–Crippen LogP) is 2.71. The minimum atomic E-state index is 0.501. The molecule has 0 saturated heterocycles. The second-order valence-corrected chi connectivity index (χ2v) is 5.96. The molecule has 1 aromatic heterocycles. The van der Waals surface area contributed by atoms with Crippen LogP contribution in [0.3, 0.4) is 0 Å². The lowest BCUT2D eigenvalue weighted by Crippen LogP contribution is -2.21. The lowest BCUT2D eigenvalue weighted by molar-refractivity contribution is 0.284. The summed E-state index contributed by atoms with van der Waals surface area (Å²) in [5.41, 5.74) is 2.27. The Morgan fingerprint density at radius 2 is 1.83 bits per heavy atom. The number of nitrogens with one attached hydrogen (secondary N) is 1. The Bertz CT molecular complexity index is 603. The van der Waals surface area contributed by atoms with Crippen LogP contribution < -0.4 is 14.8 Å². The van der Waals surface area contributed by atoms with Crippen molar-refractivity contribution in [1.82, 2.24) is 15.2 Å². The van der Waals surface area contributed by atoms with Crippen LogP contribution in [-0.2, 0) is 13.2 Å². The third kappa shape index (κ3) is 6.18. The first kappa shape index (κ1) is 18.2. The summed E-state index contributed by atoms with van der Waals surface area (Å²) >= 11 is 0. The molecule has 5 heteroatoms. The van der Waals surface area contributed by atoms with Gasteiger partial charge >= 0.3 is 0 Å². The zero-order valence-corrected chi connectivity index (χ0v) is 14.8. The van der Waals surface area contributed by atoms with E-state index in [1.165, 1.54) is 5.56 Å². The van der Waals surface area contributed by atoms with Gasteiger partial charge in [-0.25, -0.2) is 0 Å². The van der Waals surface area contributed by atoms with Gasteiger partial charge in [0.1, 0.15) is 6.61 Å². The largest absolute Gasteiger partial charge is 0.493 e. The maximum Gasteiger partial charge on any atom is 0.161 e. The van der Waals surface area contributed by atoms with Crippen LogP contribution in [0, 0.1) is 0 Å². The number of aromatic nitrogens is 1. The number of benzene rings is 1. The molecule has 0 radical (unpaired) electrons. The van der Waals surface area contributed by atoms with Crippen molar-refractivity contribution in [3.8, 4) is 11.5 Å². The average molecular weight is 329 g/mol. The minimum absolute atomic E-state index is 0.501. The van der Waals surface area contributed by atoms with Gasteiger partial charge in [0.2, 0.25) is 0 Å². The van der Waals surface area contributed by atoms with Crippen molar-refractivity contribution in [2.24, 2.45) is 0 Å². The van der Waals surface area contributed by atoms with Gasteiger partial charge in [0, 0.05) is 18.9 Å². The molecule has 0 unspecified atom stereocenters. The van der Waals surface area contributed by atoms with Crippen molar-refractivity contribution in [3.63, 3.8) is 0 Å². The normalized spacial score (nSPS) is 10.8. The Morgan fingerprint density at radius 3 is 2.54 bits per heavy atom. The lowest BCUT2D eigenvalue weighted by Gasteiger charge is -2.13. The van der Waals surface area contributed by atoms with E-state index < -0.39 is 0 Å². The molecule has 5 nitrogen and oxygen atoms in total. The average Bonchev–Trinajstić information content (AvgIpc) is 2.60. The number of hydrogen-bond acceptors (Lipinski definition) is 5. The minimum Gasteiger partial charge on any atom is -0.493 e. The van der Waals surface area contributed by atoms with E-state index >= 15 is 0 Å². The van der Waals surface area contributed by atoms with Crippen LogP contribution in [0.4, 0.5) is 0 Å². The van der Waals surface area contributed by atoms with Crippen LogP contribution in [0.15, 0.2) is 42.7 Å². The molecule has 0 bridgehead atoms. The molecular formula is C19H27N3O2. The van der Waals surface area contributed by atoms with Gasteiger partial charge in [-0.1, -0.05) is 6.07 Å². The first-order valence-corrected chi connectivity index (χ1v) is 8.23. The van der Waals surface area contributed by atoms with E-state index in [0.29, 0.717) is 6.61 Å². The summed E-state index contributed by atoms with van der Waals surface area (Å²) in [5.74, 6) is 1.52. The van der Waals surface area contributed by atoms with Crippen molar-refractivity contribution in [3.05, 3.63) is 53.9 Å². The molecular weight excluding hydrogens is 302 g/mol. The third-order valence-corrected chi connectivity index (χ3v) is 3.66. The van der Waals surface area contributed by atoms with E-state index in [1.807, 2.05) is 24.3 Å². The van der Waals surface area contributed by atoms with Crippen molar-refractivity contribution in [2.45, 2.75) is 19.6 Å². The zero-order valence-electron chi connectivity index (χ0n) is 14.8. The molecule has 1 N–H and O–H groups in total. The number of hydrogen-bond donors (Lipinski definition) is 1. The summed E-state index contributed by atoms with van der Waals surface area (Å²) in [6, 6.07) is 9.96. The second-order valence-electron chi connectivity index (χ2n) is 5.96. The molecule has 2 rings (SSSR count). The van der Waals surface area contributed by atoms with E-state index in [-0.39, 0.29) is 0 Å². The van der Waals surface area contributed by atoms with Crippen LogP contribution in [-0.4, -0.2) is 44.2 Å². The Morgan fingerprint density at radius 1 is 1.04 bits per heavy atom. The topological polar surface area (TPSA) is 46.6 Å². The van der Waals surface area contributed by atoms with E-state index in [1.54, 1.807) is 19.5 Å². The van der Waals surface area contributed by atoms with Gasteiger partial charge in [0.25, 0.3) is 0 Å². The number of ether oxygens (including phenoxy) is 2. The Labute approximate surface area is 144 Å². The molecule has 0 fully saturated rings. The molecule has 0 saturated carbocycles. The highest BCUT2D eigenvalue weighted by Gasteiger charge is 2.06. The molecule has 1 aromatic carbocycles. The predicted molar refractivity (Wildman–Crippen MR) is 96.4 cm³/mol. The molecule has 2 aromatic rings. The fourth-order valence-corrected chi connectivity index (χ4v) is 2.33. The SMILES string of the molecule is COc1cc(CNCCCN(C)C)ccc1OCc1ccncc1. The van der Waals surface area contributed by atoms with Gasteiger partial charge in [-0.05, 0) is 69.0 Å². The van der Waals surface area contributed by atoms with Crippen molar-refractivity contribution in [1.29, 1.82) is 0 Å². The smallest absolute Gasteiger partial charge is 0.161 e. The summed E-state index contributed by atoms with van der Waals surface area (Å²) in [7, 11) is 5.86.